The van der Waals surface area contributed by atoms with Gasteiger partial charge < -0.3 is 5.11 Å². The van der Waals surface area contributed by atoms with Crippen LogP contribution >= 0.6 is 15.9 Å². The first kappa shape index (κ1) is 16.9. The smallest absolute Gasteiger partial charge is 0.276 e. The highest BCUT2D eigenvalue weighted by molar-refractivity contribution is 9.10. The van der Waals surface area contributed by atoms with Gasteiger partial charge in [0.15, 0.2) is 5.72 Å². The van der Waals surface area contributed by atoms with E-state index in [1.54, 1.807) is 12.1 Å². The number of carbonyl (C=O) groups excluding carboxylic acids is 1. The van der Waals surface area contributed by atoms with E-state index in [9.17, 15) is 9.90 Å². The van der Waals surface area contributed by atoms with E-state index in [1.807, 2.05) is 50.2 Å². The van der Waals surface area contributed by atoms with Crippen molar-refractivity contribution in [1.82, 2.24) is 5.01 Å². The minimum atomic E-state index is -1.45. The molecule has 124 valence electrons. The summed E-state index contributed by atoms with van der Waals surface area (Å²) < 4.78 is 0.917. The fourth-order valence-electron chi connectivity index (χ4n) is 2.79. The first-order chi connectivity index (χ1) is 11.4. The lowest BCUT2D eigenvalue weighted by molar-refractivity contribution is -0.0765. The van der Waals surface area contributed by atoms with Gasteiger partial charge in [-0.1, -0.05) is 52.7 Å². The van der Waals surface area contributed by atoms with Gasteiger partial charge in [0.25, 0.3) is 5.91 Å². The number of hydrazone groups is 1. The van der Waals surface area contributed by atoms with Gasteiger partial charge in [-0.3, -0.25) is 4.79 Å². The van der Waals surface area contributed by atoms with Crippen molar-refractivity contribution in [3.05, 3.63) is 69.7 Å². The third-order valence-electron chi connectivity index (χ3n) is 4.25. The fraction of sp³-hybridized carbons (Fsp3) is 0.263. The van der Waals surface area contributed by atoms with Crippen LogP contribution in [0, 0.1) is 6.92 Å². The van der Waals surface area contributed by atoms with Crippen molar-refractivity contribution in [2.45, 2.75) is 32.4 Å². The van der Waals surface area contributed by atoms with Crippen LogP contribution in [0.4, 0.5) is 0 Å². The zero-order valence-electron chi connectivity index (χ0n) is 13.7. The average Bonchev–Trinajstić information content (AvgIpc) is 2.93. The van der Waals surface area contributed by atoms with Crippen molar-refractivity contribution in [2.75, 3.05) is 0 Å². The maximum Gasteiger partial charge on any atom is 0.276 e. The van der Waals surface area contributed by atoms with E-state index < -0.39 is 5.72 Å². The van der Waals surface area contributed by atoms with Crippen molar-refractivity contribution in [1.29, 1.82) is 0 Å². The summed E-state index contributed by atoms with van der Waals surface area (Å²) in [4.78, 5) is 12.9. The zero-order chi connectivity index (χ0) is 17.3. The number of aliphatic hydroxyl groups is 1. The third kappa shape index (κ3) is 3.01. The predicted octanol–water partition coefficient (Wildman–Crippen LogP) is 4.21. The van der Waals surface area contributed by atoms with Crippen molar-refractivity contribution in [3.63, 3.8) is 0 Å². The molecule has 1 aliphatic rings. The van der Waals surface area contributed by atoms with E-state index in [4.69, 9.17) is 0 Å². The Morgan fingerprint density at radius 1 is 1.21 bits per heavy atom. The monoisotopic (exact) mass is 386 g/mol. The van der Waals surface area contributed by atoms with Gasteiger partial charge in [0, 0.05) is 27.7 Å². The predicted molar refractivity (Wildman–Crippen MR) is 97.7 cm³/mol. The van der Waals surface area contributed by atoms with Gasteiger partial charge >= 0.3 is 0 Å². The molecule has 0 aliphatic carbocycles. The van der Waals surface area contributed by atoms with Crippen LogP contribution < -0.4 is 0 Å². The van der Waals surface area contributed by atoms with Crippen molar-refractivity contribution >= 4 is 27.5 Å². The van der Waals surface area contributed by atoms with Crippen LogP contribution in [0.15, 0.2) is 58.1 Å². The van der Waals surface area contributed by atoms with Gasteiger partial charge in [0.05, 0.1) is 0 Å². The van der Waals surface area contributed by atoms with Crippen LogP contribution in [0.25, 0.3) is 0 Å². The molecule has 2 aromatic carbocycles. The van der Waals surface area contributed by atoms with Crippen LogP contribution in [0.5, 0.6) is 0 Å². The molecule has 0 saturated carbocycles. The molecule has 1 amide bonds. The molecular weight excluding hydrogens is 368 g/mol. The van der Waals surface area contributed by atoms with Gasteiger partial charge in [0.1, 0.15) is 0 Å². The number of hydrogen-bond acceptors (Lipinski definition) is 3. The summed E-state index contributed by atoms with van der Waals surface area (Å²) in [5, 5.41) is 16.9. The van der Waals surface area contributed by atoms with E-state index in [2.05, 4.69) is 21.0 Å². The second-order valence-corrected chi connectivity index (χ2v) is 6.92. The summed E-state index contributed by atoms with van der Waals surface area (Å²) >= 11 is 3.39. The summed E-state index contributed by atoms with van der Waals surface area (Å²) in [5.41, 5.74) is 1.60. The average molecular weight is 387 g/mol. The van der Waals surface area contributed by atoms with Crippen LogP contribution in [-0.2, 0) is 5.72 Å². The van der Waals surface area contributed by atoms with Crippen molar-refractivity contribution < 1.29 is 9.90 Å². The summed E-state index contributed by atoms with van der Waals surface area (Å²) in [6.45, 7) is 3.94. The number of benzene rings is 2. The Kier molecular flexibility index (Phi) is 4.56. The molecule has 4 nitrogen and oxygen atoms in total. The van der Waals surface area contributed by atoms with Crippen LogP contribution in [0.2, 0.25) is 0 Å². The lowest BCUT2D eigenvalue weighted by Gasteiger charge is -2.31. The Morgan fingerprint density at radius 2 is 1.83 bits per heavy atom. The standard InChI is InChI=1S/C19H19BrN2O2/c1-3-17-12-19(24,15-8-10-16(20)11-9-15)22(21-17)18(23)14-6-4-13(2)5-7-14/h4-11,24H,3,12H2,1-2H3/t19-/m0/s1. The molecule has 5 heteroatoms. The molecule has 1 atom stereocenters. The molecule has 3 rings (SSSR count). The first-order valence-electron chi connectivity index (χ1n) is 7.90. The van der Waals surface area contributed by atoms with Crippen LogP contribution in [-0.4, -0.2) is 21.7 Å². The van der Waals surface area contributed by atoms with E-state index in [0.29, 0.717) is 24.0 Å². The number of hydrogen-bond donors (Lipinski definition) is 1. The number of aryl methyl sites for hydroxylation is 1. The molecule has 1 aliphatic heterocycles. The SMILES string of the molecule is CCC1=NN(C(=O)c2ccc(C)cc2)[C@@](O)(c2ccc(Br)cc2)C1. The number of carbonyl (C=O) groups is 1. The lowest BCUT2D eigenvalue weighted by atomic mass is 9.96. The zero-order valence-corrected chi connectivity index (χ0v) is 15.2. The van der Waals surface area contributed by atoms with Crippen LogP contribution in [0.1, 0.15) is 41.3 Å². The molecule has 0 aromatic heterocycles. The topological polar surface area (TPSA) is 52.9 Å². The summed E-state index contributed by atoms with van der Waals surface area (Å²) in [6.07, 6.45) is 1.01. The number of nitrogens with zero attached hydrogens (tertiary/aromatic N) is 2. The van der Waals surface area contributed by atoms with Gasteiger partial charge in [-0.2, -0.15) is 10.1 Å². The molecule has 0 unspecified atom stereocenters. The van der Waals surface area contributed by atoms with Crippen molar-refractivity contribution in [3.8, 4) is 0 Å². The molecule has 1 heterocycles. The van der Waals surface area contributed by atoms with E-state index in [1.165, 1.54) is 5.01 Å². The number of rotatable bonds is 3. The quantitative estimate of drug-likeness (QED) is 0.858. The van der Waals surface area contributed by atoms with E-state index in [-0.39, 0.29) is 5.91 Å². The minimum Gasteiger partial charge on any atom is -0.365 e. The summed E-state index contributed by atoms with van der Waals surface area (Å²) in [6, 6.07) is 14.6. The molecule has 0 bridgehead atoms. The highest BCUT2D eigenvalue weighted by Gasteiger charge is 2.45. The fourth-order valence-corrected chi connectivity index (χ4v) is 3.05. The van der Waals surface area contributed by atoms with Gasteiger partial charge in [-0.15, -0.1) is 0 Å². The van der Waals surface area contributed by atoms with Gasteiger partial charge in [0.2, 0.25) is 0 Å². The molecule has 0 spiro atoms. The largest absolute Gasteiger partial charge is 0.365 e. The molecule has 24 heavy (non-hydrogen) atoms. The van der Waals surface area contributed by atoms with Crippen molar-refractivity contribution in [2.24, 2.45) is 5.10 Å². The first-order valence-corrected chi connectivity index (χ1v) is 8.69. The molecule has 0 fully saturated rings. The summed E-state index contributed by atoms with van der Waals surface area (Å²) in [7, 11) is 0. The number of amides is 1. The molecule has 0 radical (unpaired) electrons. The highest BCUT2D eigenvalue weighted by Crippen LogP contribution is 2.37. The normalized spacial score (nSPS) is 20.2. The van der Waals surface area contributed by atoms with Gasteiger partial charge in [-0.05, 0) is 37.6 Å². The molecule has 2 aromatic rings. The lowest BCUT2D eigenvalue weighted by Crippen LogP contribution is -2.43. The van der Waals surface area contributed by atoms with Crippen LogP contribution in [0.3, 0.4) is 0 Å². The second kappa shape index (κ2) is 6.49. The summed E-state index contributed by atoms with van der Waals surface area (Å²) in [5.74, 6) is -0.302. The Balaban J connectivity index is 2.01. The molecule has 0 saturated heterocycles. The maximum atomic E-state index is 12.9. The Hall–Kier alpha value is -1.98. The maximum absolute atomic E-state index is 12.9. The minimum absolute atomic E-state index is 0.302. The molecular formula is C19H19BrN2O2. The number of halogens is 1. The Labute approximate surface area is 149 Å². The molecule has 1 N–H and O–H groups in total. The third-order valence-corrected chi connectivity index (χ3v) is 4.78. The van der Waals surface area contributed by atoms with E-state index in [0.717, 1.165) is 15.7 Å². The van der Waals surface area contributed by atoms with E-state index >= 15 is 0 Å². The highest BCUT2D eigenvalue weighted by atomic mass is 79.9. The van der Waals surface area contributed by atoms with Gasteiger partial charge in [-0.25, -0.2) is 0 Å². The Morgan fingerprint density at radius 3 is 2.42 bits per heavy atom. The second-order valence-electron chi connectivity index (χ2n) is 6.00. The Bertz CT molecular complexity index is 784.